The fraction of sp³-hybridized carbons (Fsp3) is 0.0625. The Kier molecular flexibility index (Phi) is 4.12. The highest BCUT2D eigenvalue weighted by atomic mass is 79.9. The van der Waals surface area contributed by atoms with Crippen molar-refractivity contribution in [3.05, 3.63) is 73.8 Å². The van der Waals surface area contributed by atoms with Crippen LogP contribution in [0.1, 0.15) is 0 Å². The Labute approximate surface area is 138 Å². The van der Waals surface area contributed by atoms with Crippen LogP contribution in [0.4, 0.5) is 5.69 Å². The lowest BCUT2D eigenvalue weighted by Gasteiger charge is -2.08. The molecule has 0 aliphatic rings. The van der Waals surface area contributed by atoms with E-state index in [9.17, 15) is 14.4 Å². The fourth-order valence-electron chi connectivity index (χ4n) is 2.22. The lowest BCUT2D eigenvalue weighted by Crippen LogP contribution is -2.38. The number of carbonyl (C=O) groups excluding carboxylic acids is 1. The Hall–Kier alpha value is -2.67. The second-order valence-electron chi connectivity index (χ2n) is 4.92. The van der Waals surface area contributed by atoms with Crippen molar-refractivity contribution in [2.45, 2.75) is 6.54 Å². The number of nitrogens with one attached hydrogen (secondary N) is 2. The molecule has 0 saturated carbocycles. The molecule has 1 amide bonds. The Morgan fingerprint density at radius 3 is 2.52 bits per heavy atom. The topological polar surface area (TPSA) is 84.0 Å². The molecule has 23 heavy (non-hydrogen) atoms. The van der Waals surface area contributed by atoms with Crippen LogP contribution in [-0.4, -0.2) is 15.5 Å². The van der Waals surface area contributed by atoms with Gasteiger partial charge in [-0.05, 0) is 36.4 Å². The number of para-hydroxylation sites is 1. The number of fused-ring (bicyclic) bond motifs is 1. The van der Waals surface area contributed by atoms with Gasteiger partial charge in [-0.15, -0.1) is 0 Å². The van der Waals surface area contributed by atoms with Crippen LogP contribution >= 0.6 is 15.9 Å². The van der Waals surface area contributed by atoms with Crippen LogP contribution in [0.25, 0.3) is 10.9 Å². The molecule has 0 unspecified atom stereocenters. The molecule has 3 rings (SSSR count). The minimum atomic E-state index is -0.611. The summed E-state index contributed by atoms with van der Waals surface area (Å²) in [6, 6.07) is 13.7. The predicted molar refractivity (Wildman–Crippen MR) is 91.6 cm³/mol. The summed E-state index contributed by atoms with van der Waals surface area (Å²) in [6.07, 6.45) is 0. The standard InChI is InChI=1S/C16H12BrN3O3/c17-10-5-7-11(8-6-10)18-14(21)9-20-15(22)12-3-1-2-4-13(12)19-16(20)23/h1-8H,9H2,(H,18,21)(H,19,23). The van der Waals surface area contributed by atoms with E-state index in [-0.39, 0.29) is 6.54 Å². The van der Waals surface area contributed by atoms with Gasteiger partial charge in [0.05, 0.1) is 10.9 Å². The monoisotopic (exact) mass is 373 g/mol. The summed E-state index contributed by atoms with van der Waals surface area (Å²) in [4.78, 5) is 39.0. The Balaban J connectivity index is 1.89. The summed E-state index contributed by atoms with van der Waals surface area (Å²) >= 11 is 3.30. The number of halogens is 1. The zero-order valence-electron chi connectivity index (χ0n) is 11.9. The van der Waals surface area contributed by atoms with Crippen molar-refractivity contribution in [2.75, 3.05) is 5.32 Å². The number of benzene rings is 2. The molecule has 1 aromatic heterocycles. The molecule has 3 aromatic rings. The van der Waals surface area contributed by atoms with E-state index in [1.54, 1.807) is 48.5 Å². The molecule has 0 saturated heterocycles. The van der Waals surface area contributed by atoms with E-state index in [0.717, 1.165) is 9.04 Å². The number of aromatic nitrogens is 2. The molecule has 0 atom stereocenters. The second kappa shape index (κ2) is 6.21. The minimum absolute atomic E-state index is 0.352. The number of amides is 1. The van der Waals surface area contributed by atoms with E-state index < -0.39 is 17.2 Å². The van der Waals surface area contributed by atoms with Gasteiger partial charge >= 0.3 is 5.69 Å². The minimum Gasteiger partial charge on any atom is -0.325 e. The van der Waals surface area contributed by atoms with Gasteiger partial charge in [0.15, 0.2) is 0 Å². The highest BCUT2D eigenvalue weighted by Crippen LogP contribution is 2.14. The number of nitrogens with zero attached hydrogens (tertiary/aromatic N) is 1. The van der Waals surface area contributed by atoms with E-state index in [0.29, 0.717) is 16.6 Å². The summed E-state index contributed by atoms with van der Waals surface area (Å²) in [6.45, 7) is -0.352. The Morgan fingerprint density at radius 2 is 1.78 bits per heavy atom. The maximum Gasteiger partial charge on any atom is 0.329 e. The van der Waals surface area contributed by atoms with Gasteiger partial charge in [0.1, 0.15) is 6.54 Å². The number of hydrogen-bond donors (Lipinski definition) is 2. The number of anilines is 1. The van der Waals surface area contributed by atoms with Crippen LogP contribution in [0.15, 0.2) is 62.6 Å². The molecular weight excluding hydrogens is 362 g/mol. The Morgan fingerprint density at radius 1 is 1.09 bits per heavy atom. The van der Waals surface area contributed by atoms with Crippen LogP contribution in [0.3, 0.4) is 0 Å². The van der Waals surface area contributed by atoms with Crippen molar-refractivity contribution in [1.29, 1.82) is 0 Å². The van der Waals surface area contributed by atoms with Crippen LogP contribution in [0.2, 0.25) is 0 Å². The molecule has 116 valence electrons. The second-order valence-corrected chi connectivity index (χ2v) is 5.84. The van der Waals surface area contributed by atoms with Gasteiger partial charge in [0.2, 0.25) is 5.91 Å². The normalized spacial score (nSPS) is 10.7. The number of aromatic amines is 1. The van der Waals surface area contributed by atoms with E-state index >= 15 is 0 Å². The van der Waals surface area contributed by atoms with Crippen LogP contribution in [-0.2, 0) is 11.3 Å². The molecule has 0 spiro atoms. The van der Waals surface area contributed by atoms with Crippen LogP contribution < -0.4 is 16.6 Å². The molecule has 2 N–H and O–H groups in total. The first-order valence-corrected chi connectivity index (χ1v) is 7.61. The first-order chi connectivity index (χ1) is 11.0. The van der Waals surface area contributed by atoms with E-state index in [1.807, 2.05) is 0 Å². The molecule has 0 fully saturated rings. The highest BCUT2D eigenvalue weighted by molar-refractivity contribution is 9.10. The zero-order valence-corrected chi connectivity index (χ0v) is 13.5. The van der Waals surface area contributed by atoms with E-state index in [2.05, 4.69) is 26.2 Å². The van der Waals surface area contributed by atoms with Crippen molar-refractivity contribution in [3.8, 4) is 0 Å². The van der Waals surface area contributed by atoms with Gasteiger partial charge in [-0.3, -0.25) is 14.2 Å². The average Bonchev–Trinajstić information content (AvgIpc) is 2.54. The van der Waals surface area contributed by atoms with Gasteiger partial charge in [0.25, 0.3) is 5.56 Å². The predicted octanol–water partition coefficient (Wildman–Crippen LogP) is 2.09. The largest absolute Gasteiger partial charge is 0.329 e. The first-order valence-electron chi connectivity index (χ1n) is 6.82. The summed E-state index contributed by atoms with van der Waals surface area (Å²) in [7, 11) is 0. The number of hydrogen-bond acceptors (Lipinski definition) is 3. The van der Waals surface area contributed by atoms with E-state index in [1.165, 1.54) is 0 Å². The molecule has 2 aromatic carbocycles. The smallest absolute Gasteiger partial charge is 0.325 e. The average molecular weight is 374 g/mol. The summed E-state index contributed by atoms with van der Waals surface area (Å²) in [5.41, 5.74) is -0.0644. The van der Waals surface area contributed by atoms with Crippen molar-refractivity contribution in [2.24, 2.45) is 0 Å². The SMILES string of the molecule is O=C(Cn1c(=O)[nH]c2ccccc2c1=O)Nc1ccc(Br)cc1. The number of carbonyl (C=O) groups is 1. The highest BCUT2D eigenvalue weighted by Gasteiger charge is 2.11. The zero-order chi connectivity index (χ0) is 16.4. The van der Waals surface area contributed by atoms with Gasteiger partial charge in [-0.2, -0.15) is 0 Å². The molecule has 0 aliphatic carbocycles. The van der Waals surface area contributed by atoms with Gasteiger partial charge < -0.3 is 10.3 Å². The van der Waals surface area contributed by atoms with Crippen molar-refractivity contribution in [1.82, 2.24) is 9.55 Å². The molecule has 0 radical (unpaired) electrons. The van der Waals surface area contributed by atoms with Gasteiger partial charge in [0, 0.05) is 10.2 Å². The number of rotatable bonds is 3. The fourth-order valence-corrected chi connectivity index (χ4v) is 2.48. The van der Waals surface area contributed by atoms with Crippen molar-refractivity contribution in [3.63, 3.8) is 0 Å². The molecular formula is C16H12BrN3O3. The Bertz CT molecular complexity index is 990. The lowest BCUT2D eigenvalue weighted by molar-refractivity contribution is -0.116. The van der Waals surface area contributed by atoms with Gasteiger partial charge in [-0.25, -0.2) is 4.79 Å². The van der Waals surface area contributed by atoms with E-state index in [4.69, 9.17) is 0 Å². The quantitative estimate of drug-likeness (QED) is 0.737. The molecule has 0 bridgehead atoms. The maximum atomic E-state index is 12.3. The molecule has 7 heteroatoms. The number of H-pyrrole nitrogens is 1. The summed E-state index contributed by atoms with van der Waals surface area (Å²) < 4.78 is 1.77. The summed E-state index contributed by atoms with van der Waals surface area (Å²) in [5.74, 6) is -0.449. The van der Waals surface area contributed by atoms with Crippen LogP contribution in [0, 0.1) is 0 Å². The van der Waals surface area contributed by atoms with Crippen LogP contribution in [0.5, 0.6) is 0 Å². The molecule has 6 nitrogen and oxygen atoms in total. The van der Waals surface area contributed by atoms with Crippen molar-refractivity contribution < 1.29 is 4.79 Å². The third kappa shape index (κ3) is 3.24. The first kappa shape index (κ1) is 15.2. The van der Waals surface area contributed by atoms with Crippen molar-refractivity contribution >= 4 is 38.4 Å². The third-order valence-electron chi connectivity index (χ3n) is 3.32. The lowest BCUT2D eigenvalue weighted by atomic mass is 10.2. The third-order valence-corrected chi connectivity index (χ3v) is 3.85. The summed E-state index contributed by atoms with van der Waals surface area (Å²) in [5, 5.41) is 3.01. The molecule has 1 heterocycles. The maximum absolute atomic E-state index is 12.3. The van der Waals surface area contributed by atoms with Gasteiger partial charge in [-0.1, -0.05) is 28.1 Å². The molecule has 0 aliphatic heterocycles.